The standard InChI is InChI=1S/C30H28Cl2IN3O3/c1-2-38-27-15-19(14-25(33)28(27)39-18-21-12-13-22(31)16-24(21)32)17-34-36-29(20-8-4-3-5-9-20)35-26-11-7-6-10-23(26)30(36)37/h6-7,10-17,20H,2-5,8-9,18H2,1H3. The van der Waals surface area contributed by atoms with Gasteiger partial charge in [-0.2, -0.15) is 9.78 Å². The SMILES string of the molecule is CCOc1cc(C=Nn2c(C3CCCCC3)nc3ccccc3c2=O)cc(I)c1OCc1ccc(Cl)cc1Cl. The molecule has 1 aliphatic rings. The van der Waals surface area contributed by atoms with Crippen LogP contribution in [0.15, 0.2) is 64.5 Å². The van der Waals surface area contributed by atoms with Crippen molar-refractivity contribution in [1.82, 2.24) is 9.66 Å². The smallest absolute Gasteiger partial charge is 0.282 e. The highest BCUT2D eigenvalue weighted by atomic mass is 127. The molecule has 5 rings (SSSR count). The minimum atomic E-state index is -0.156. The number of rotatable bonds is 8. The Labute approximate surface area is 251 Å². The highest BCUT2D eigenvalue weighted by molar-refractivity contribution is 14.1. The highest BCUT2D eigenvalue weighted by Gasteiger charge is 2.22. The molecule has 3 aromatic carbocycles. The molecule has 202 valence electrons. The minimum Gasteiger partial charge on any atom is -0.490 e. The fraction of sp³-hybridized carbons (Fsp3) is 0.300. The Hall–Kier alpha value is -2.62. The molecule has 4 aromatic rings. The summed E-state index contributed by atoms with van der Waals surface area (Å²) in [4.78, 5) is 18.4. The van der Waals surface area contributed by atoms with E-state index in [1.807, 2.05) is 43.3 Å². The Bertz CT molecular complexity index is 1580. The van der Waals surface area contributed by atoms with Crippen LogP contribution < -0.4 is 15.0 Å². The van der Waals surface area contributed by atoms with Crippen molar-refractivity contribution in [2.24, 2.45) is 5.10 Å². The van der Waals surface area contributed by atoms with Crippen LogP contribution in [-0.2, 0) is 6.61 Å². The van der Waals surface area contributed by atoms with Gasteiger partial charge in [-0.3, -0.25) is 4.79 Å². The van der Waals surface area contributed by atoms with Gasteiger partial charge in [0.1, 0.15) is 12.4 Å². The zero-order valence-electron chi connectivity index (χ0n) is 21.5. The number of benzene rings is 3. The number of ether oxygens (including phenoxy) is 2. The first kappa shape index (κ1) is 27.9. The lowest BCUT2D eigenvalue weighted by atomic mass is 9.88. The largest absolute Gasteiger partial charge is 0.490 e. The summed E-state index contributed by atoms with van der Waals surface area (Å²) in [6.45, 7) is 2.65. The van der Waals surface area contributed by atoms with E-state index in [-0.39, 0.29) is 18.1 Å². The Morgan fingerprint density at radius 1 is 1.08 bits per heavy atom. The van der Waals surface area contributed by atoms with Gasteiger partial charge in [-0.15, -0.1) is 0 Å². The average molecular weight is 676 g/mol. The van der Waals surface area contributed by atoms with Gasteiger partial charge in [0.2, 0.25) is 0 Å². The van der Waals surface area contributed by atoms with Crippen LogP contribution >= 0.6 is 45.8 Å². The number of fused-ring (bicyclic) bond motifs is 1. The lowest BCUT2D eigenvalue weighted by Crippen LogP contribution is -2.25. The second kappa shape index (κ2) is 12.7. The minimum absolute atomic E-state index is 0.156. The molecule has 0 atom stereocenters. The van der Waals surface area contributed by atoms with Gasteiger partial charge < -0.3 is 9.47 Å². The molecule has 0 amide bonds. The summed E-state index contributed by atoms with van der Waals surface area (Å²) in [5, 5.41) is 6.35. The zero-order chi connectivity index (χ0) is 27.4. The van der Waals surface area contributed by atoms with Crippen LogP contribution in [0.25, 0.3) is 10.9 Å². The van der Waals surface area contributed by atoms with Gasteiger partial charge in [0.15, 0.2) is 11.5 Å². The third-order valence-electron chi connectivity index (χ3n) is 6.79. The summed E-state index contributed by atoms with van der Waals surface area (Å²) in [6, 6.07) is 16.6. The lowest BCUT2D eigenvalue weighted by molar-refractivity contribution is 0.267. The van der Waals surface area contributed by atoms with E-state index in [0.29, 0.717) is 39.1 Å². The maximum atomic E-state index is 13.5. The van der Waals surface area contributed by atoms with Gasteiger partial charge in [-0.25, -0.2) is 4.98 Å². The average Bonchev–Trinajstić information content (AvgIpc) is 2.93. The summed E-state index contributed by atoms with van der Waals surface area (Å²) in [6.07, 6.45) is 7.20. The Morgan fingerprint density at radius 2 is 1.87 bits per heavy atom. The maximum absolute atomic E-state index is 13.5. The predicted octanol–water partition coefficient (Wildman–Crippen LogP) is 8.22. The maximum Gasteiger partial charge on any atom is 0.282 e. The Morgan fingerprint density at radius 3 is 2.64 bits per heavy atom. The van der Waals surface area contributed by atoms with Crippen LogP contribution in [0.1, 0.15) is 61.9 Å². The summed E-state index contributed by atoms with van der Waals surface area (Å²) in [7, 11) is 0. The normalized spacial score (nSPS) is 14.3. The molecule has 0 spiro atoms. The van der Waals surface area contributed by atoms with Crippen molar-refractivity contribution in [3.05, 3.63) is 95.5 Å². The molecule has 0 unspecified atom stereocenters. The Kier molecular flexibility index (Phi) is 9.10. The molecule has 0 N–H and O–H groups in total. The van der Waals surface area contributed by atoms with E-state index in [1.54, 1.807) is 24.4 Å². The van der Waals surface area contributed by atoms with E-state index < -0.39 is 0 Å². The van der Waals surface area contributed by atoms with E-state index in [9.17, 15) is 4.79 Å². The number of aromatic nitrogens is 2. The first-order valence-corrected chi connectivity index (χ1v) is 14.9. The fourth-order valence-electron chi connectivity index (χ4n) is 4.86. The first-order valence-electron chi connectivity index (χ1n) is 13.0. The molecule has 1 aromatic heterocycles. The Balaban J connectivity index is 1.49. The third kappa shape index (κ3) is 6.42. The van der Waals surface area contributed by atoms with Crippen molar-refractivity contribution in [1.29, 1.82) is 0 Å². The molecule has 0 saturated heterocycles. The molecule has 1 fully saturated rings. The molecule has 1 aliphatic carbocycles. The van der Waals surface area contributed by atoms with Crippen molar-refractivity contribution in [3.8, 4) is 11.5 Å². The molecule has 6 nitrogen and oxygen atoms in total. The van der Waals surface area contributed by atoms with Crippen LogP contribution in [0.5, 0.6) is 11.5 Å². The summed E-state index contributed by atoms with van der Waals surface area (Å²) < 4.78 is 14.4. The number of halogens is 3. The number of para-hydroxylation sites is 1. The van der Waals surface area contributed by atoms with E-state index in [2.05, 4.69) is 27.7 Å². The van der Waals surface area contributed by atoms with Gasteiger partial charge >= 0.3 is 0 Å². The van der Waals surface area contributed by atoms with Crippen molar-refractivity contribution >= 4 is 62.9 Å². The van der Waals surface area contributed by atoms with Crippen LogP contribution in [0.4, 0.5) is 0 Å². The van der Waals surface area contributed by atoms with Gasteiger partial charge in [0.05, 0.1) is 27.3 Å². The second-order valence-electron chi connectivity index (χ2n) is 9.47. The van der Waals surface area contributed by atoms with Crippen molar-refractivity contribution in [3.63, 3.8) is 0 Å². The predicted molar refractivity (Wildman–Crippen MR) is 166 cm³/mol. The summed E-state index contributed by atoms with van der Waals surface area (Å²) >= 11 is 14.6. The molecule has 1 saturated carbocycles. The molecule has 9 heteroatoms. The van der Waals surface area contributed by atoms with E-state index in [0.717, 1.165) is 46.2 Å². The molecule has 0 bridgehead atoms. The summed E-state index contributed by atoms with van der Waals surface area (Å²) in [5.74, 6) is 2.15. The highest BCUT2D eigenvalue weighted by Crippen LogP contribution is 2.36. The lowest BCUT2D eigenvalue weighted by Gasteiger charge is -2.22. The number of hydrogen-bond acceptors (Lipinski definition) is 5. The van der Waals surface area contributed by atoms with Gasteiger partial charge in [0.25, 0.3) is 5.56 Å². The van der Waals surface area contributed by atoms with Gasteiger partial charge in [-0.05, 0) is 84.3 Å². The monoisotopic (exact) mass is 675 g/mol. The topological polar surface area (TPSA) is 65.7 Å². The van der Waals surface area contributed by atoms with Crippen molar-refractivity contribution in [2.75, 3.05) is 6.61 Å². The summed E-state index contributed by atoms with van der Waals surface area (Å²) in [5.41, 5.74) is 2.17. The van der Waals surface area contributed by atoms with Gasteiger partial charge in [-0.1, -0.05) is 60.7 Å². The van der Waals surface area contributed by atoms with Crippen molar-refractivity contribution in [2.45, 2.75) is 51.6 Å². The zero-order valence-corrected chi connectivity index (χ0v) is 25.2. The van der Waals surface area contributed by atoms with Crippen molar-refractivity contribution < 1.29 is 9.47 Å². The number of nitrogens with zero attached hydrogens (tertiary/aromatic N) is 3. The molecule has 39 heavy (non-hydrogen) atoms. The molecular weight excluding hydrogens is 648 g/mol. The molecular formula is C30H28Cl2IN3O3. The van der Waals surface area contributed by atoms with E-state index in [4.69, 9.17) is 37.7 Å². The van der Waals surface area contributed by atoms with Crippen LogP contribution in [0.3, 0.4) is 0 Å². The van der Waals surface area contributed by atoms with Gasteiger partial charge in [0, 0.05) is 21.5 Å². The van der Waals surface area contributed by atoms with Crippen LogP contribution in [0.2, 0.25) is 10.0 Å². The molecule has 0 radical (unpaired) electrons. The van der Waals surface area contributed by atoms with E-state index >= 15 is 0 Å². The second-order valence-corrected chi connectivity index (χ2v) is 11.5. The molecule has 1 heterocycles. The fourth-order valence-corrected chi connectivity index (χ4v) is 6.10. The molecule has 0 aliphatic heterocycles. The van der Waals surface area contributed by atoms with E-state index in [1.165, 1.54) is 11.1 Å². The van der Waals surface area contributed by atoms with Crippen LogP contribution in [-0.4, -0.2) is 22.5 Å². The quantitative estimate of drug-likeness (QED) is 0.139. The third-order valence-corrected chi connectivity index (χ3v) is 8.18. The van der Waals surface area contributed by atoms with Crippen LogP contribution in [0, 0.1) is 3.57 Å². The first-order chi connectivity index (χ1) is 18.9. The number of hydrogen-bond donors (Lipinski definition) is 0.